The van der Waals surface area contributed by atoms with Crippen LogP contribution < -0.4 is 0 Å². The van der Waals surface area contributed by atoms with E-state index >= 15 is 0 Å². The van der Waals surface area contributed by atoms with Gasteiger partial charge in [0.15, 0.2) is 0 Å². The monoisotopic (exact) mass is 125 g/mol. The second-order valence-electron chi connectivity index (χ2n) is 0.883. The molecule has 1 radical (unpaired) electrons. The highest BCUT2D eigenvalue weighted by Crippen LogP contribution is 2.08. The minimum absolute atomic E-state index is 0.330. The topological polar surface area (TPSA) is 9.23 Å². The van der Waals surface area contributed by atoms with Gasteiger partial charge in [-0.15, -0.1) is 0 Å². The molecule has 47 valence electrons. The summed E-state index contributed by atoms with van der Waals surface area (Å²) in [6, 6.07) is -1.85. The zero-order chi connectivity index (χ0) is 6.57. The molecule has 0 unspecified atom stereocenters. The molecule has 4 heteroatoms. The van der Waals surface area contributed by atoms with E-state index in [1.165, 1.54) is 0 Å². The lowest BCUT2D eigenvalue weighted by atomic mass is 10.8. The molecule has 0 N–H and O–H groups in total. The molecule has 0 fully saturated rings. The van der Waals surface area contributed by atoms with E-state index in [1.807, 2.05) is 0 Å². The first kappa shape index (κ1) is 7.33. The van der Waals surface area contributed by atoms with Crippen LogP contribution >= 0.6 is 0 Å². The molecule has 0 aromatic heterocycles. The van der Waals surface area contributed by atoms with Crippen LogP contribution in [0.25, 0.3) is 0 Å². The molecule has 0 saturated carbocycles. The van der Waals surface area contributed by atoms with Gasteiger partial charge in [-0.25, -0.2) is 0 Å². The van der Waals surface area contributed by atoms with Gasteiger partial charge in [-0.2, -0.15) is 13.2 Å². The van der Waals surface area contributed by atoms with E-state index in [0.29, 0.717) is 0 Å². The molecule has 0 heterocycles. The van der Waals surface area contributed by atoms with Crippen LogP contribution in [0.4, 0.5) is 13.2 Å². The highest BCUT2D eigenvalue weighted by atomic mass is 19.3. The van der Waals surface area contributed by atoms with Crippen molar-refractivity contribution in [1.29, 1.82) is 0 Å². The molecule has 1 nitrogen and oxygen atoms in total. The van der Waals surface area contributed by atoms with Crippen molar-refractivity contribution in [1.82, 2.24) is 0 Å². The zero-order valence-electron chi connectivity index (χ0n) is 3.96. The Morgan fingerprint density at radius 1 is 1.38 bits per heavy atom. The number of rotatable bonds is 2. The van der Waals surface area contributed by atoms with E-state index in [4.69, 9.17) is 0 Å². The Kier molecular flexibility index (Phi) is 3.07. The summed E-state index contributed by atoms with van der Waals surface area (Å²) in [5.74, 6) is 0. The Hall–Kier alpha value is -0.670. The van der Waals surface area contributed by atoms with Gasteiger partial charge in [0.25, 0.3) is 0 Å². The van der Waals surface area contributed by atoms with Gasteiger partial charge < -0.3 is 4.74 Å². The third-order valence-electron chi connectivity index (χ3n) is 0.377. The maximum atomic E-state index is 11.4. The summed E-state index contributed by atoms with van der Waals surface area (Å²) in [5, 5.41) is 0. The van der Waals surface area contributed by atoms with Crippen LogP contribution in [0.2, 0.25) is 0 Å². The standard InChI is InChI=1S/C4H4F3O/c1-2-8-4(7)3(5)6/h1-2H2. The number of hydrogen-bond donors (Lipinski definition) is 0. The van der Waals surface area contributed by atoms with Crippen LogP contribution in [0.15, 0.2) is 12.1 Å². The van der Waals surface area contributed by atoms with Crippen LogP contribution in [0.1, 0.15) is 0 Å². The summed E-state index contributed by atoms with van der Waals surface area (Å²) in [4.78, 5) is 0. The van der Waals surface area contributed by atoms with Crippen LogP contribution in [-0.2, 0) is 4.74 Å². The Morgan fingerprint density at radius 2 is 1.88 bits per heavy atom. The summed E-state index contributed by atoms with van der Waals surface area (Å²) >= 11 is 0. The average Bonchev–Trinajstić information content (AvgIpc) is 1.67. The van der Waals surface area contributed by atoms with Crippen molar-refractivity contribution >= 4 is 0 Å². The molecule has 0 rings (SSSR count). The number of halogens is 3. The lowest BCUT2D eigenvalue weighted by Crippen LogP contribution is -1.85. The molecule has 0 aromatic rings. The minimum Gasteiger partial charge on any atom is -0.467 e. The van der Waals surface area contributed by atoms with Crippen molar-refractivity contribution < 1.29 is 17.9 Å². The third kappa shape index (κ3) is 2.49. The van der Waals surface area contributed by atoms with Crippen molar-refractivity contribution in [3.63, 3.8) is 0 Å². The van der Waals surface area contributed by atoms with Gasteiger partial charge in [-0.3, -0.25) is 0 Å². The van der Waals surface area contributed by atoms with Crippen molar-refractivity contribution in [3.05, 3.63) is 19.0 Å². The summed E-state index contributed by atoms with van der Waals surface area (Å²) in [6.45, 7) is 2.65. The molecule has 0 bridgehead atoms. The second kappa shape index (κ2) is 3.35. The van der Waals surface area contributed by atoms with E-state index in [1.54, 1.807) is 0 Å². The van der Waals surface area contributed by atoms with E-state index in [0.717, 1.165) is 0 Å². The Balaban J connectivity index is 3.62. The number of hydrogen-bond acceptors (Lipinski definition) is 1. The Labute approximate surface area is 44.8 Å². The van der Waals surface area contributed by atoms with Gasteiger partial charge in [0, 0.05) is 0 Å². The van der Waals surface area contributed by atoms with Gasteiger partial charge in [-0.05, 0) is 6.92 Å². The van der Waals surface area contributed by atoms with Gasteiger partial charge in [0.2, 0.25) is 0 Å². The predicted molar refractivity (Wildman–Crippen MR) is 21.7 cm³/mol. The maximum absolute atomic E-state index is 11.4. The number of ether oxygens (including phenoxy) is 1. The van der Waals surface area contributed by atoms with Crippen LogP contribution in [0.5, 0.6) is 0 Å². The molecular weight excluding hydrogens is 121 g/mol. The third-order valence-corrected chi connectivity index (χ3v) is 0.377. The van der Waals surface area contributed by atoms with E-state index in [2.05, 4.69) is 11.7 Å². The zero-order valence-corrected chi connectivity index (χ0v) is 3.96. The lowest BCUT2D eigenvalue weighted by molar-refractivity contribution is 0.139. The van der Waals surface area contributed by atoms with Crippen molar-refractivity contribution in [2.75, 3.05) is 6.61 Å². The lowest BCUT2D eigenvalue weighted by Gasteiger charge is -1.93. The smallest absolute Gasteiger partial charge is 0.342 e. The maximum Gasteiger partial charge on any atom is 0.342 e. The first-order valence-corrected chi connectivity index (χ1v) is 1.81. The van der Waals surface area contributed by atoms with Crippen LogP contribution in [0.3, 0.4) is 0 Å². The van der Waals surface area contributed by atoms with Gasteiger partial charge >= 0.3 is 12.1 Å². The van der Waals surface area contributed by atoms with Gasteiger partial charge in [-0.1, -0.05) is 0 Å². The molecule has 0 aromatic carbocycles. The van der Waals surface area contributed by atoms with E-state index in [9.17, 15) is 13.2 Å². The first-order chi connectivity index (χ1) is 3.68. The molecule has 0 spiro atoms. The highest BCUT2D eigenvalue weighted by molar-refractivity contribution is 4.80. The fourth-order valence-corrected chi connectivity index (χ4v) is 0.144. The van der Waals surface area contributed by atoms with Gasteiger partial charge in [0.1, 0.15) is 0 Å². The summed E-state index contributed by atoms with van der Waals surface area (Å²) < 4.78 is 37.0. The molecule has 0 aliphatic carbocycles. The van der Waals surface area contributed by atoms with Crippen molar-refractivity contribution in [2.45, 2.75) is 0 Å². The fraction of sp³-hybridized carbons (Fsp3) is 0.250. The summed E-state index contributed by atoms with van der Waals surface area (Å²) in [6.07, 6.45) is -2.45. The normalized spacial score (nSPS) is 8.50. The molecular formula is C4H4F3O. The summed E-state index contributed by atoms with van der Waals surface area (Å²) in [7, 11) is 0. The first-order valence-electron chi connectivity index (χ1n) is 1.81. The van der Waals surface area contributed by atoms with Crippen LogP contribution in [-0.4, -0.2) is 6.61 Å². The highest BCUT2D eigenvalue weighted by Gasteiger charge is 2.02. The second-order valence-corrected chi connectivity index (χ2v) is 0.883. The Bertz CT molecular complexity index is 95.5. The summed E-state index contributed by atoms with van der Waals surface area (Å²) in [5.41, 5.74) is 0. The molecule has 0 atom stereocenters. The van der Waals surface area contributed by atoms with Crippen molar-refractivity contribution in [3.8, 4) is 0 Å². The predicted octanol–water partition coefficient (Wildman–Crippen LogP) is 1.87. The molecule has 8 heavy (non-hydrogen) atoms. The SMILES string of the molecule is [CH2]COC(F)=C(F)F. The van der Waals surface area contributed by atoms with E-state index < -0.39 is 12.1 Å². The van der Waals surface area contributed by atoms with E-state index in [-0.39, 0.29) is 6.61 Å². The van der Waals surface area contributed by atoms with Crippen LogP contribution in [0, 0.1) is 6.92 Å². The molecule has 0 amide bonds. The largest absolute Gasteiger partial charge is 0.467 e. The quantitative estimate of drug-likeness (QED) is 0.512. The Morgan fingerprint density at radius 3 is 2.00 bits per heavy atom. The molecule has 0 aliphatic heterocycles. The fourth-order valence-electron chi connectivity index (χ4n) is 0.144. The van der Waals surface area contributed by atoms with Gasteiger partial charge in [0.05, 0.1) is 6.61 Å². The van der Waals surface area contributed by atoms with Crippen molar-refractivity contribution in [2.24, 2.45) is 0 Å². The molecule has 0 saturated heterocycles. The average molecular weight is 125 g/mol. The molecule has 0 aliphatic rings. The minimum atomic E-state index is -2.45.